The first kappa shape index (κ1) is 11.9. The van der Waals surface area contributed by atoms with Crippen LogP contribution in [-0.4, -0.2) is 16.6 Å². The van der Waals surface area contributed by atoms with E-state index in [1.165, 1.54) is 11.8 Å². The Morgan fingerprint density at radius 3 is 2.88 bits per heavy atom. The van der Waals surface area contributed by atoms with Crippen molar-refractivity contribution in [2.45, 2.75) is 30.1 Å². The van der Waals surface area contributed by atoms with Gasteiger partial charge in [0.05, 0.1) is 11.5 Å². The number of hydrogen-bond acceptors (Lipinski definition) is 4. The van der Waals surface area contributed by atoms with Gasteiger partial charge >= 0.3 is 0 Å². The van der Waals surface area contributed by atoms with Gasteiger partial charge < -0.3 is 5.73 Å². The van der Waals surface area contributed by atoms with Gasteiger partial charge in [-0.15, -0.1) is 11.8 Å². The molecule has 1 amide bonds. The van der Waals surface area contributed by atoms with Crippen LogP contribution < -0.4 is 5.73 Å². The van der Waals surface area contributed by atoms with E-state index in [9.17, 15) is 4.79 Å². The van der Waals surface area contributed by atoms with E-state index in [0.29, 0.717) is 5.69 Å². The van der Waals surface area contributed by atoms with Crippen LogP contribution >= 0.6 is 11.8 Å². The van der Waals surface area contributed by atoms with Gasteiger partial charge in [0, 0.05) is 11.1 Å². The van der Waals surface area contributed by atoms with E-state index < -0.39 is 5.91 Å². The highest BCUT2D eigenvalue weighted by Gasteiger charge is 2.45. The van der Waals surface area contributed by atoms with E-state index in [-0.39, 0.29) is 5.41 Å². The maximum absolute atomic E-state index is 11.2. The number of carbonyl (C=O) groups is 1. The van der Waals surface area contributed by atoms with Crippen LogP contribution in [0.2, 0.25) is 0 Å². The molecule has 0 bridgehead atoms. The minimum atomic E-state index is -0.519. The molecular weight excluding hydrogens is 234 g/mol. The Hall–Kier alpha value is -1.54. The molecule has 1 aliphatic carbocycles. The molecule has 1 saturated carbocycles. The Morgan fingerprint density at radius 2 is 2.41 bits per heavy atom. The van der Waals surface area contributed by atoms with Crippen molar-refractivity contribution < 1.29 is 4.79 Å². The van der Waals surface area contributed by atoms with Crippen molar-refractivity contribution in [3.05, 3.63) is 23.5 Å². The van der Waals surface area contributed by atoms with E-state index in [4.69, 9.17) is 11.0 Å². The minimum absolute atomic E-state index is 0.300. The monoisotopic (exact) mass is 247 g/mol. The summed E-state index contributed by atoms with van der Waals surface area (Å²) in [5.74, 6) is 0.319. The second kappa shape index (κ2) is 4.38. The van der Waals surface area contributed by atoms with Crippen molar-refractivity contribution in [3.8, 4) is 6.07 Å². The van der Waals surface area contributed by atoms with Crippen molar-refractivity contribution in [3.63, 3.8) is 0 Å². The molecule has 1 fully saturated rings. The van der Waals surface area contributed by atoms with Gasteiger partial charge in [-0.25, -0.2) is 4.98 Å². The smallest absolute Gasteiger partial charge is 0.268 e. The predicted molar refractivity (Wildman–Crippen MR) is 65.7 cm³/mol. The fourth-order valence-corrected chi connectivity index (χ4v) is 2.56. The third-order valence-electron chi connectivity index (χ3n) is 2.90. The van der Waals surface area contributed by atoms with Gasteiger partial charge in [-0.1, -0.05) is 6.92 Å². The molecule has 0 saturated heterocycles. The normalized spacial score (nSPS) is 16.2. The number of rotatable bonds is 4. The van der Waals surface area contributed by atoms with Gasteiger partial charge in [0.2, 0.25) is 0 Å². The number of amides is 1. The molecule has 0 spiro atoms. The molecule has 17 heavy (non-hydrogen) atoms. The molecule has 1 aliphatic rings. The summed E-state index contributed by atoms with van der Waals surface area (Å²) in [5.41, 5.74) is 6.11. The number of nitrogens with two attached hydrogens (primary N) is 1. The van der Waals surface area contributed by atoms with Crippen LogP contribution in [-0.2, 0) is 5.41 Å². The first-order valence-electron chi connectivity index (χ1n) is 5.47. The first-order valence-corrected chi connectivity index (χ1v) is 6.46. The van der Waals surface area contributed by atoms with Gasteiger partial charge in [-0.3, -0.25) is 4.79 Å². The Morgan fingerprint density at radius 1 is 1.71 bits per heavy atom. The van der Waals surface area contributed by atoms with Crippen LogP contribution in [0.1, 0.15) is 35.8 Å². The van der Waals surface area contributed by atoms with Crippen LogP contribution in [0.3, 0.4) is 0 Å². The van der Waals surface area contributed by atoms with E-state index in [1.54, 1.807) is 6.20 Å². The molecule has 5 heteroatoms. The van der Waals surface area contributed by atoms with E-state index in [0.717, 1.165) is 29.1 Å². The van der Waals surface area contributed by atoms with Gasteiger partial charge in [0.25, 0.3) is 5.91 Å². The minimum Gasteiger partial charge on any atom is -0.364 e. The molecule has 88 valence electrons. The maximum Gasteiger partial charge on any atom is 0.268 e. The van der Waals surface area contributed by atoms with Crippen molar-refractivity contribution in [1.82, 2.24) is 4.98 Å². The average molecular weight is 247 g/mol. The third kappa shape index (κ3) is 2.13. The van der Waals surface area contributed by atoms with Crippen LogP contribution in [0.4, 0.5) is 0 Å². The number of nitriles is 1. The standard InChI is InChI=1S/C12H13N3OS/c1-2-17-9-5-8(12(7-13)3-4-12)6-15-10(9)11(14)16/h5-6H,2-4H2,1H3,(H2,14,16). The van der Waals surface area contributed by atoms with E-state index >= 15 is 0 Å². The molecule has 2 rings (SSSR count). The van der Waals surface area contributed by atoms with Crippen molar-refractivity contribution in [1.29, 1.82) is 5.26 Å². The molecule has 1 aromatic rings. The highest BCUT2D eigenvalue weighted by atomic mass is 32.2. The summed E-state index contributed by atoms with van der Waals surface area (Å²) in [6, 6.07) is 4.21. The zero-order chi connectivity index (χ0) is 12.5. The molecule has 0 aliphatic heterocycles. The zero-order valence-electron chi connectivity index (χ0n) is 9.56. The van der Waals surface area contributed by atoms with Crippen LogP contribution in [0.5, 0.6) is 0 Å². The number of pyridine rings is 1. The molecule has 0 aromatic carbocycles. The lowest BCUT2D eigenvalue weighted by molar-refractivity contribution is 0.0992. The summed E-state index contributed by atoms with van der Waals surface area (Å²) in [5, 5.41) is 9.13. The fourth-order valence-electron chi connectivity index (χ4n) is 1.75. The van der Waals surface area contributed by atoms with Crippen molar-refractivity contribution in [2.75, 3.05) is 5.75 Å². The summed E-state index contributed by atoms with van der Waals surface area (Å²) in [6.45, 7) is 2.00. The topological polar surface area (TPSA) is 79.8 Å². The fraction of sp³-hybridized carbons (Fsp3) is 0.417. The molecule has 1 aromatic heterocycles. The second-order valence-corrected chi connectivity index (χ2v) is 5.37. The zero-order valence-corrected chi connectivity index (χ0v) is 10.4. The molecule has 0 unspecified atom stereocenters. The summed E-state index contributed by atoms with van der Waals surface area (Å²) in [4.78, 5) is 16.1. The lowest BCUT2D eigenvalue weighted by Gasteiger charge is -2.10. The second-order valence-electron chi connectivity index (χ2n) is 4.06. The highest BCUT2D eigenvalue weighted by Crippen LogP contribution is 2.48. The first-order chi connectivity index (χ1) is 8.13. The van der Waals surface area contributed by atoms with Crippen LogP contribution in [0, 0.1) is 11.3 Å². The van der Waals surface area contributed by atoms with Gasteiger partial charge in [-0.2, -0.15) is 5.26 Å². The summed E-state index contributed by atoms with van der Waals surface area (Å²) < 4.78 is 0. The molecule has 1 heterocycles. The lowest BCUT2D eigenvalue weighted by Crippen LogP contribution is -2.16. The highest BCUT2D eigenvalue weighted by molar-refractivity contribution is 7.99. The Kier molecular flexibility index (Phi) is 3.07. The summed E-state index contributed by atoms with van der Waals surface area (Å²) >= 11 is 1.53. The molecule has 0 atom stereocenters. The molecule has 0 radical (unpaired) electrons. The number of primary amides is 1. The predicted octanol–water partition coefficient (Wildman–Crippen LogP) is 1.85. The Labute approximate surface area is 104 Å². The van der Waals surface area contributed by atoms with E-state index in [2.05, 4.69) is 11.1 Å². The van der Waals surface area contributed by atoms with Crippen molar-refractivity contribution >= 4 is 17.7 Å². The molecule has 2 N–H and O–H groups in total. The average Bonchev–Trinajstić information content (AvgIpc) is 3.10. The Bertz CT molecular complexity index is 503. The van der Waals surface area contributed by atoms with Crippen molar-refractivity contribution in [2.24, 2.45) is 5.73 Å². The maximum atomic E-state index is 11.2. The van der Waals surface area contributed by atoms with Crippen LogP contribution in [0.15, 0.2) is 17.2 Å². The largest absolute Gasteiger partial charge is 0.364 e. The summed E-state index contributed by atoms with van der Waals surface area (Å²) in [6.07, 6.45) is 3.35. The number of aromatic nitrogens is 1. The third-order valence-corrected chi connectivity index (χ3v) is 3.81. The Balaban J connectivity index is 2.43. The quantitative estimate of drug-likeness (QED) is 0.823. The van der Waals surface area contributed by atoms with Gasteiger partial charge in [0.15, 0.2) is 0 Å². The number of hydrogen-bond donors (Lipinski definition) is 1. The van der Waals surface area contributed by atoms with Gasteiger partial charge in [0.1, 0.15) is 5.69 Å². The van der Waals surface area contributed by atoms with E-state index in [1.807, 2.05) is 13.0 Å². The lowest BCUT2D eigenvalue weighted by atomic mass is 9.99. The molecule has 4 nitrogen and oxygen atoms in total. The summed E-state index contributed by atoms with van der Waals surface area (Å²) in [7, 11) is 0. The molecular formula is C12H13N3OS. The number of thioether (sulfide) groups is 1. The van der Waals surface area contributed by atoms with Gasteiger partial charge in [-0.05, 0) is 30.2 Å². The number of nitrogens with zero attached hydrogens (tertiary/aromatic N) is 2. The van der Waals surface area contributed by atoms with Crippen LogP contribution in [0.25, 0.3) is 0 Å². The SMILES string of the molecule is CCSc1cc(C2(C#N)CC2)cnc1C(N)=O. The number of carbonyl (C=O) groups excluding carboxylic acids is 1.